The number of hydrogen-bond donors (Lipinski definition) is 1. The van der Waals surface area contributed by atoms with Gasteiger partial charge in [-0.05, 0) is 13.8 Å². The van der Waals surface area contributed by atoms with E-state index in [-0.39, 0.29) is 5.69 Å². The molecule has 2 aromatic rings. The molecule has 0 bridgehead atoms. The maximum atomic E-state index is 10.8. The summed E-state index contributed by atoms with van der Waals surface area (Å²) in [5.41, 5.74) is 1.19. The van der Waals surface area contributed by atoms with Gasteiger partial charge in [0.05, 0.1) is 6.20 Å². The van der Waals surface area contributed by atoms with Gasteiger partial charge in [-0.1, -0.05) is 0 Å². The smallest absolute Gasteiger partial charge is 0.354 e. The fourth-order valence-electron chi connectivity index (χ4n) is 1.25. The van der Waals surface area contributed by atoms with Crippen molar-refractivity contribution < 1.29 is 9.90 Å². The van der Waals surface area contributed by atoms with Crippen molar-refractivity contribution in [2.75, 3.05) is 0 Å². The molecular formula is C8H8N2O2S. The number of rotatable bonds is 1. The number of fused-ring (bicyclic) bond motifs is 1. The molecule has 2 aromatic heterocycles. The molecule has 1 N–H and O–H groups in total. The van der Waals surface area contributed by atoms with Crippen molar-refractivity contribution in [2.45, 2.75) is 13.8 Å². The highest BCUT2D eigenvalue weighted by molar-refractivity contribution is 7.17. The van der Waals surface area contributed by atoms with Crippen LogP contribution in [0, 0.1) is 13.8 Å². The molecule has 13 heavy (non-hydrogen) atoms. The molecule has 0 amide bonds. The molecular weight excluding hydrogens is 188 g/mol. The maximum Gasteiger partial charge on any atom is 0.354 e. The lowest BCUT2D eigenvalue weighted by atomic mass is 10.4. The van der Waals surface area contributed by atoms with Crippen LogP contribution < -0.4 is 0 Å². The van der Waals surface area contributed by atoms with Crippen molar-refractivity contribution in [3.63, 3.8) is 0 Å². The lowest BCUT2D eigenvalue weighted by molar-refractivity contribution is 0.0689. The second-order valence-corrected chi connectivity index (χ2v) is 3.99. The lowest BCUT2D eigenvalue weighted by Crippen LogP contribution is -2.01. The second-order valence-electron chi connectivity index (χ2n) is 2.81. The minimum atomic E-state index is -0.937. The predicted octanol–water partition coefficient (Wildman–Crippen LogP) is 1.71. The number of aromatic nitrogens is 2. The van der Waals surface area contributed by atoms with E-state index in [1.165, 1.54) is 17.5 Å². The van der Waals surface area contributed by atoms with Crippen LogP contribution in [0.25, 0.3) is 4.96 Å². The van der Waals surface area contributed by atoms with Gasteiger partial charge in [-0.2, -0.15) is 0 Å². The van der Waals surface area contributed by atoms with Crippen LogP contribution in [0.4, 0.5) is 0 Å². The summed E-state index contributed by atoms with van der Waals surface area (Å²) >= 11 is 1.51. The van der Waals surface area contributed by atoms with Gasteiger partial charge in [-0.15, -0.1) is 11.3 Å². The topological polar surface area (TPSA) is 54.6 Å². The third-order valence-corrected chi connectivity index (χ3v) is 3.11. The quantitative estimate of drug-likeness (QED) is 0.755. The Labute approximate surface area is 78.5 Å². The van der Waals surface area contributed by atoms with Gasteiger partial charge in [0.1, 0.15) is 0 Å². The Kier molecular flexibility index (Phi) is 1.63. The standard InChI is InChI=1S/C8H8N2O2S/c1-4-5(2)13-8-9-3-6(7(11)12)10(4)8/h3H,1-2H3,(H,11,12). The van der Waals surface area contributed by atoms with Crippen molar-refractivity contribution in [1.29, 1.82) is 0 Å². The summed E-state index contributed by atoms with van der Waals surface area (Å²) in [4.78, 5) is 16.6. The average Bonchev–Trinajstić information content (AvgIpc) is 2.55. The van der Waals surface area contributed by atoms with E-state index in [9.17, 15) is 4.79 Å². The molecule has 0 saturated heterocycles. The summed E-state index contributed by atoms with van der Waals surface area (Å²) in [6.07, 6.45) is 1.39. The normalized spacial score (nSPS) is 10.9. The summed E-state index contributed by atoms with van der Waals surface area (Å²) in [7, 11) is 0. The number of aromatic carboxylic acids is 1. The van der Waals surface area contributed by atoms with Crippen LogP contribution >= 0.6 is 11.3 Å². The van der Waals surface area contributed by atoms with Crippen molar-refractivity contribution >= 4 is 22.3 Å². The van der Waals surface area contributed by atoms with E-state index in [0.717, 1.165) is 15.5 Å². The molecule has 4 nitrogen and oxygen atoms in total. The number of carbonyl (C=O) groups is 1. The van der Waals surface area contributed by atoms with Crippen LogP contribution in [-0.4, -0.2) is 20.5 Å². The van der Waals surface area contributed by atoms with Crippen molar-refractivity contribution in [3.8, 4) is 0 Å². The van der Waals surface area contributed by atoms with Gasteiger partial charge in [0.15, 0.2) is 10.7 Å². The first-order valence-electron chi connectivity index (χ1n) is 3.78. The number of hydrogen-bond acceptors (Lipinski definition) is 3. The Morgan fingerprint density at radius 3 is 2.92 bits per heavy atom. The molecule has 0 unspecified atom stereocenters. The van der Waals surface area contributed by atoms with Crippen molar-refractivity contribution in [2.24, 2.45) is 0 Å². The highest BCUT2D eigenvalue weighted by Crippen LogP contribution is 2.22. The van der Waals surface area contributed by atoms with Crippen LogP contribution in [0.2, 0.25) is 0 Å². The fourth-order valence-corrected chi connectivity index (χ4v) is 2.19. The average molecular weight is 196 g/mol. The van der Waals surface area contributed by atoms with Gasteiger partial charge in [0, 0.05) is 10.6 Å². The highest BCUT2D eigenvalue weighted by Gasteiger charge is 2.14. The van der Waals surface area contributed by atoms with E-state index in [4.69, 9.17) is 5.11 Å². The molecule has 0 radical (unpaired) electrons. The van der Waals surface area contributed by atoms with E-state index in [1.54, 1.807) is 4.40 Å². The number of nitrogens with zero attached hydrogens (tertiary/aromatic N) is 2. The van der Waals surface area contributed by atoms with Gasteiger partial charge < -0.3 is 5.11 Å². The van der Waals surface area contributed by atoms with Gasteiger partial charge in [0.2, 0.25) is 0 Å². The Morgan fingerprint density at radius 1 is 1.62 bits per heavy atom. The number of carboxylic acid groups (broad SMARTS) is 1. The maximum absolute atomic E-state index is 10.8. The fraction of sp³-hybridized carbons (Fsp3) is 0.250. The largest absolute Gasteiger partial charge is 0.477 e. The summed E-state index contributed by atoms with van der Waals surface area (Å²) < 4.78 is 1.67. The predicted molar refractivity (Wildman–Crippen MR) is 49.5 cm³/mol. The number of carboxylic acids is 1. The Balaban J connectivity index is 2.85. The molecule has 2 rings (SSSR count). The van der Waals surface area contributed by atoms with Crippen LogP contribution in [0.3, 0.4) is 0 Å². The first-order chi connectivity index (χ1) is 6.11. The molecule has 0 aliphatic heterocycles. The van der Waals surface area contributed by atoms with Crippen LogP contribution in [-0.2, 0) is 0 Å². The molecule has 2 heterocycles. The van der Waals surface area contributed by atoms with Gasteiger partial charge in [-0.3, -0.25) is 4.40 Å². The summed E-state index contributed by atoms with van der Waals surface area (Å²) in [5.74, 6) is -0.937. The molecule has 0 saturated carbocycles. The Morgan fingerprint density at radius 2 is 2.31 bits per heavy atom. The summed E-state index contributed by atoms with van der Waals surface area (Å²) in [6, 6.07) is 0. The minimum absolute atomic E-state index is 0.233. The van der Waals surface area contributed by atoms with Crippen LogP contribution in [0.1, 0.15) is 21.1 Å². The lowest BCUT2D eigenvalue weighted by Gasteiger charge is -1.94. The van der Waals surface area contributed by atoms with E-state index < -0.39 is 5.97 Å². The van der Waals surface area contributed by atoms with Crippen LogP contribution in [0.15, 0.2) is 6.20 Å². The summed E-state index contributed by atoms with van der Waals surface area (Å²) in [6.45, 7) is 3.85. The number of thiazole rings is 1. The molecule has 0 aromatic carbocycles. The van der Waals surface area contributed by atoms with Gasteiger partial charge in [0.25, 0.3) is 0 Å². The molecule has 0 fully saturated rings. The van der Waals surface area contributed by atoms with Gasteiger partial charge >= 0.3 is 5.97 Å². The van der Waals surface area contributed by atoms with Crippen LogP contribution in [0.5, 0.6) is 0 Å². The van der Waals surface area contributed by atoms with Crippen molar-refractivity contribution in [1.82, 2.24) is 9.38 Å². The first-order valence-corrected chi connectivity index (χ1v) is 4.59. The molecule has 68 valence electrons. The molecule has 0 atom stereocenters. The van der Waals surface area contributed by atoms with Crippen molar-refractivity contribution in [3.05, 3.63) is 22.5 Å². The first kappa shape index (κ1) is 8.25. The Bertz CT molecular complexity index is 484. The summed E-state index contributed by atoms with van der Waals surface area (Å²) in [5, 5.41) is 8.85. The molecule has 0 aliphatic carbocycles. The number of imidazole rings is 1. The van der Waals surface area contributed by atoms with E-state index >= 15 is 0 Å². The third kappa shape index (κ3) is 1.04. The van der Waals surface area contributed by atoms with E-state index in [1.807, 2.05) is 13.8 Å². The monoisotopic (exact) mass is 196 g/mol. The highest BCUT2D eigenvalue weighted by atomic mass is 32.1. The minimum Gasteiger partial charge on any atom is -0.477 e. The zero-order chi connectivity index (χ0) is 9.59. The molecule has 0 aliphatic rings. The van der Waals surface area contributed by atoms with E-state index in [0.29, 0.717) is 0 Å². The zero-order valence-corrected chi connectivity index (χ0v) is 8.05. The zero-order valence-electron chi connectivity index (χ0n) is 7.24. The third-order valence-electron chi connectivity index (χ3n) is 2.04. The molecule has 5 heteroatoms. The second kappa shape index (κ2) is 2.56. The number of aryl methyl sites for hydroxylation is 2. The van der Waals surface area contributed by atoms with E-state index in [2.05, 4.69) is 4.98 Å². The van der Waals surface area contributed by atoms with Gasteiger partial charge in [-0.25, -0.2) is 9.78 Å². The Hall–Kier alpha value is -1.36. The SMILES string of the molecule is Cc1sc2ncc(C(=O)O)n2c1C. The molecule has 0 spiro atoms.